The van der Waals surface area contributed by atoms with Crippen LogP contribution in [0, 0.1) is 0 Å². The molecule has 0 saturated heterocycles. The van der Waals surface area contributed by atoms with Gasteiger partial charge in [-0.1, -0.05) is 19.8 Å². The van der Waals surface area contributed by atoms with Crippen LogP contribution in [0.4, 0.5) is 0 Å². The van der Waals surface area contributed by atoms with Crippen LogP contribution >= 0.6 is 0 Å². The molecule has 1 N–H and O–H groups in total. The van der Waals surface area contributed by atoms with Gasteiger partial charge >= 0.3 is 11.9 Å². The molecule has 1 heterocycles. The van der Waals surface area contributed by atoms with Gasteiger partial charge in [0.05, 0.1) is 19.4 Å². The third-order valence-electron chi connectivity index (χ3n) is 3.24. The zero-order valence-electron chi connectivity index (χ0n) is 14.5. The van der Waals surface area contributed by atoms with E-state index in [-0.39, 0.29) is 11.8 Å². The average molecular weight is 345 g/mol. The predicted molar refractivity (Wildman–Crippen MR) is 94.2 cm³/mol. The molecule has 1 amide bonds. The molecule has 0 bridgehead atoms. The van der Waals surface area contributed by atoms with E-state index >= 15 is 0 Å². The molecule has 2 aromatic rings. The van der Waals surface area contributed by atoms with Crippen molar-refractivity contribution < 1.29 is 18.7 Å². The summed E-state index contributed by atoms with van der Waals surface area (Å²) in [6.45, 7) is 5.13. The second-order valence-corrected chi connectivity index (χ2v) is 5.24. The molecule has 0 saturated carbocycles. The van der Waals surface area contributed by atoms with E-state index in [1.165, 1.54) is 25.3 Å². The van der Waals surface area contributed by atoms with Gasteiger partial charge < -0.3 is 13.9 Å². The number of benzene rings is 1. The minimum Gasteiger partial charge on any atom is -0.494 e. The first-order chi connectivity index (χ1) is 12.2. The highest BCUT2D eigenvalue weighted by atomic mass is 16.6. The number of aromatic nitrogens is 1. The maximum Gasteiger partial charge on any atom is 0.327 e. The lowest BCUT2D eigenvalue weighted by Gasteiger charge is -2.05. The number of oxazole rings is 1. The number of carbonyl (C=O) groups is 1. The highest BCUT2D eigenvalue weighted by Gasteiger charge is 2.12. The minimum atomic E-state index is -0.543. The summed E-state index contributed by atoms with van der Waals surface area (Å²) in [7, 11) is 0. The van der Waals surface area contributed by atoms with Gasteiger partial charge in [0, 0.05) is 0 Å². The topological polar surface area (TPSA) is 86.0 Å². The Balaban J connectivity index is 1.79. The Bertz CT molecular complexity index is 680. The van der Waals surface area contributed by atoms with Crippen molar-refractivity contribution in [2.45, 2.75) is 33.1 Å². The monoisotopic (exact) mass is 345 g/mol. The van der Waals surface area contributed by atoms with Gasteiger partial charge in [-0.25, -0.2) is 10.4 Å². The van der Waals surface area contributed by atoms with E-state index in [1.807, 2.05) is 31.2 Å². The fourth-order valence-electron chi connectivity index (χ4n) is 1.98. The van der Waals surface area contributed by atoms with Crippen molar-refractivity contribution in [3.8, 4) is 11.7 Å². The van der Waals surface area contributed by atoms with Crippen LogP contribution in [0.25, 0.3) is 0 Å². The van der Waals surface area contributed by atoms with Gasteiger partial charge in [0.1, 0.15) is 11.9 Å². The van der Waals surface area contributed by atoms with E-state index in [2.05, 4.69) is 22.4 Å². The fourth-order valence-corrected chi connectivity index (χ4v) is 1.98. The standard InChI is InChI=1S/C18H23N3O4/c1-3-5-6-11-24-15-9-7-14(8-10-15)12-20-21-17(22)18-19-13-16(25-18)23-4-2/h7-10,12-13H,3-6,11H2,1-2H3,(H,21,22)/b20-12+. The second-order valence-electron chi connectivity index (χ2n) is 5.24. The van der Waals surface area contributed by atoms with Gasteiger partial charge in [-0.15, -0.1) is 0 Å². The molecule has 0 atom stereocenters. The molecule has 0 aliphatic heterocycles. The van der Waals surface area contributed by atoms with Crippen LogP contribution in [0.5, 0.6) is 11.7 Å². The number of hydrogen-bond donors (Lipinski definition) is 1. The SMILES string of the molecule is CCCCCOc1ccc(/C=N/NC(=O)c2ncc(OCC)o2)cc1. The van der Waals surface area contributed by atoms with E-state index in [4.69, 9.17) is 13.9 Å². The van der Waals surface area contributed by atoms with E-state index in [0.29, 0.717) is 6.61 Å². The lowest BCUT2D eigenvalue weighted by molar-refractivity contribution is 0.0912. The maximum absolute atomic E-state index is 11.8. The Morgan fingerprint density at radius 3 is 2.76 bits per heavy atom. The number of unbranched alkanes of at least 4 members (excludes halogenated alkanes) is 2. The minimum absolute atomic E-state index is 0.101. The smallest absolute Gasteiger partial charge is 0.327 e. The molecule has 134 valence electrons. The van der Waals surface area contributed by atoms with Crippen LogP contribution < -0.4 is 14.9 Å². The summed E-state index contributed by atoms with van der Waals surface area (Å²) in [4.78, 5) is 15.6. The van der Waals surface area contributed by atoms with E-state index in [0.717, 1.165) is 24.3 Å². The van der Waals surface area contributed by atoms with Gasteiger partial charge in [0.25, 0.3) is 5.89 Å². The summed E-state index contributed by atoms with van der Waals surface area (Å²) in [5, 5.41) is 3.88. The maximum atomic E-state index is 11.8. The Morgan fingerprint density at radius 1 is 1.24 bits per heavy atom. The van der Waals surface area contributed by atoms with E-state index in [1.54, 1.807) is 0 Å². The summed E-state index contributed by atoms with van der Waals surface area (Å²) in [5.74, 6) is 0.376. The number of amides is 1. The number of rotatable bonds is 10. The molecule has 0 aliphatic rings. The molecule has 1 aromatic heterocycles. The summed E-state index contributed by atoms with van der Waals surface area (Å²) in [6.07, 6.45) is 6.27. The second kappa shape index (κ2) is 10.1. The number of carbonyl (C=O) groups excluding carboxylic acids is 1. The average Bonchev–Trinajstić information content (AvgIpc) is 3.09. The first-order valence-corrected chi connectivity index (χ1v) is 8.37. The Labute approximate surface area is 147 Å². The number of nitrogens with one attached hydrogen (secondary N) is 1. The molecule has 7 heteroatoms. The Morgan fingerprint density at radius 2 is 2.04 bits per heavy atom. The van der Waals surface area contributed by atoms with Crippen molar-refractivity contribution in [1.29, 1.82) is 0 Å². The quantitative estimate of drug-likeness (QED) is 0.405. The zero-order valence-corrected chi connectivity index (χ0v) is 14.5. The van der Waals surface area contributed by atoms with Crippen LogP contribution in [-0.4, -0.2) is 30.3 Å². The van der Waals surface area contributed by atoms with E-state index < -0.39 is 5.91 Å². The van der Waals surface area contributed by atoms with Crippen molar-refractivity contribution in [2.75, 3.05) is 13.2 Å². The molecule has 2 rings (SSSR count). The van der Waals surface area contributed by atoms with Gasteiger partial charge in [0.2, 0.25) is 0 Å². The number of ether oxygens (including phenoxy) is 2. The van der Waals surface area contributed by atoms with Crippen LogP contribution in [0.3, 0.4) is 0 Å². The summed E-state index contributed by atoms with van der Waals surface area (Å²) >= 11 is 0. The number of nitrogens with zero attached hydrogens (tertiary/aromatic N) is 2. The summed E-state index contributed by atoms with van der Waals surface area (Å²) in [5.41, 5.74) is 3.19. The lowest BCUT2D eigenvalue weighted by Crippen LogP contribution is -2.17. The molecule has 25 heavy (non-hydrogen) atoms. The van der Waals surface area contributed by atoms with Gasteiger partial charge in [0.15, 0.2) is 0 Å². The van der Waals surface area contributed by atoms with Crippen LogP contribution in [0.1, 0.15) is 49.4 Å². The normalized spacial score (nSPS) is 10.8. The number of hydrogen-bond acceptors (Lipinski definition) is 6. The lowest BCUT2D eigenvalue weighted by atomic mass is 10.2. The van der Waals surface area contributed by atoms with Crippen molar-refractivity contribution in [2.24, 2.45) is 5.10 Å². The highest BCUT2D eigenvalue weighted by molar-refractivity contribution is 5.90. The molecule has 0 fully saturated rings. The van der Waals surface area contributed by atoms with Crippen molar-refractivity contribution in [1.82, 2.24) is 10.4 Å². The first-order valence-electron chi connectivity index (χ1n) is 8.37. The van der Waals surface area contributed by atoms with Crippen molar-refractivity contribution in [3.63, 3.8) is 0 Å². The van der Waals surface area contributed by atoms with Crippen LogP contribution in [-0.2, 0) is 0 Å². The largest absolute Gasteiger partial charge is 0.494 e. The molecular weight excluding hydrogens is 322 g/mol. The predicted octanol–water partition coefficient (Wildman–Crippen LogP) is 3.41. The molecule has 1 aromatic carbocycles. The van der Waals surface area contributed by atoms with Gasteiger partial charge in [-0.3, -0.25) is 4.79 Å². The Kier molecular flexibility index (Phi) is 7.49. The molecule has 0 spiro atoms. The molecule has 0 aliphatic carbocycles. The summed E-state index contributed by atoms with van der Waals surface area (Å²) in [6, 6.07) is 7.47. The molecular formula is C18H23N3O4. The van der Waals surface area contributed by atoms with Gasteiger partial charge in [-0.05, 0) is 43.2 Å². The molecule has 7 nitrogen and oxygen atoms in total. The van der Waals surface area contributed by atoms with Gasteiger partial charge in [-0.2, -0.15) is 5.10 Å². The number of hydrazone groups is 1. The fraction of sp³-hybridized carbons (Fsp3) is 0.389. The van der Waals surface area contributed by atoms with Crippen molar-refractivity contribution >= 4 is 12.1 Å². The van der Waals surface area contributed by atoms with E-state index in [9.17, 15) is 4.79 Å². The van der Waals surface area contributed by atoms with Crippen LogP contribution in [0.15, 0.2) is 40.0 Å². The third kappa shape index (κ3) is 6.29. The molecule has 0 radical (unpaired) electrons. The highest BCUT2D eigenvalue weighted by Crippen LogP contribution is 2.13. The molecule has 0 unspecified atom stereocenters. The van der Waals surface area contributed by atoms with Crippen molar-refractivity contribution in [3.05, 3.63) is 41.9 Å². The Hall–Kier alpha value is -2.83. The third-order valence-corrected chi connectivity index (χ3v) is 3.24. The zero-order chi connectivity index (χ0) is 17.9. The summed E-state index contributed by atoms with van der Waals surface area (Å²) < 4.78 is 15.9. The first kappa shape index (κ1) is 18.5. The van der Waals surface area contributed by atoms with Crippen LogP contribution in [0.2, 0.25) is 0 Å².